The van der Waals surface area contributed by atoms with Gasteiger partial charge in [-0.3, -0.25) is 4.98 Å². The summed E-state index contributed by atoms with van der Waals surface area (Å²) in [7, 11) is 0. The number of piperidine rings is 1. The quantitative estimate of drug-likeness (QED) is 0.895. The van der Waals surface area contributed by atoms with Crippen LogP contribution in [0.4, 0.5) is 0 Å². The van der Waals surface area contributed by atoms with Crippen LogP contribution in [0, 0.1) is 11.8 Å². The van der Waals surface area contributed by atoms with E-state index in [4.69, 9.17) is 0 Å². The Labute approximate surface area is 127 Å². The van der Waals surface area contributed by atoms with E-state index in [1.807, 2.05) is 6.20 Å². The lowest BCUT2D eigenvalue weighted by Gasteiger charge is -2.37. The van der Waals surface area contributed by atoms with Gasteiger partial charge in [0.2, 0.25) is 0 Å². The van der Waals surface area contributed by atoms with Gasteiger partial charge in [-0.1, -0.05) is 49.9 Å². The van der Waals surface area contributed by atoms with E-state index in [0.717, 1.165) is 18.4 Å². The van der Waals surface area contributed by atoms with Gasteiger partial charge in [0.25, 0.3) is 0 Å². The minimum absolute atomic E-state index is 0.688. The molecule has 1 aliphatic carbocycles. The third kappa shape index (κ3) is 2.46. The predicted molar refractivity (Wildman–Crippen MR) is 87.4 cm³/mol. The molecule has 2 aromatic rings. The zero-order valence-electron chi connectivity index (χ0n) is 12.6. The summed E-state index contributed by atoms with van der Waals surface area (Å²) in [5.41, 5.74) is 1.49. The average Bonchev–Trinajstić information content (AvgIpc) is 3.09. The van der Waals surface area contributed by atoms with Gasteiger partial charge in [0.15, 0.2) is 0 Å². The summed E-state index contributed by atoms with van der Waals surface area (Å²) in [5.74, 6) is 2.41. The van der Waals surface area contributed by atoms with Gasteiger partial charge in [-0.2, -0.15) is 0 Å². The number of pyridine rings is 1. The molecule has 4 rings (SSSR count). The number of hydrogen-bond donors (Lipinski definition) is 1. The van der Waals surface area contributed by atoms with Crippen molar-refractivity contribution in [2.24, 2.45) is 11.8 Å². The lowest BCUT2D eigenvalue weighted by atomic mass is 9.73. The summed E-state index contributed by atoms with van der Waals surface area (Å²) in [4.78, 5) is 4.53. The topological polar surface area (TPSA) is 24.9 Å². The van der Waals surface area contributed by atoms with Gasteiger partial charge in [-0.05, 0) is 48.2 Å². The monoisotopic (exact) mass is 280 g/mol. The van der Waals surface area contributed by atoms with Crippen molar-refractivity contribution < 1.29 is 0 Å². The molecule has 1 aliphatic heterocycles. The van der Waals surface area contributed by atoms with Gasteiger partial charge >= 0.3 is 0 Å². The molecule has 2 heterocycles. The number of fused-ring (bicyclic) bond motifs is 1. The second-order valence-corrected chi connectivity index (χ2v) is 6.76. The van der Waals surface area contributed by atoms with Crippen LogP contribution in [0.2, 0.25) is 0 Å². The van der Waals surface area contributed by atoms with E-state index in [1.165, 1.54) is 55.0 Å². The van der Waals surface area contributed by atoms with Crippen LogP contribution in [0.5, 0.6) is 0 Å². The molecule has 0 spiro atoms. The minimum Gasteiger partial charge on any atom is -0.316 e. The van der Waals surface area contributed by atoms with Crippen LogP contribution in [0.1, 0.15) is 43.6 Å². The molecule has 1 aromatic heterocycles. The first-order valence-corrected chi connectivity index (χ1v) is 8.47. The fourth-order valence-electron chi connectivity index (χ4n) is 4.58. The molecule has 1 N–H and O–H groups in total. The summed E-state index contributed by atoms with van der Waals surface area (Å²) in [6, 6.07) is 8.75. The number of hydrogen-bond acceptors (Lipinski definition) is 2. The highest BCUT2D eigenvalue weighted by Gasteiger charge is 2.34. The van der Waals surface area contributed by atoms with E-state index in [-0.39, 0.29) is 0 Å². The summed E-state index contributed by atoms with van der Waals surface area (Å²) < 4.78 is 0. The number of aromatic nitrogens is 1. The summed E-state index contributed by atoms with van der Waals surface area (Å²) in [5, 5.41) is 6.35. The Morgan fingerprint density at radius 2 is 1.86 bits per heavy atom. The van der Waals surface area contributed by atoms with Gasteiger partial charge < -0.3 is 5.32 Å². The van der Waals surface area contributed by atoms with E-state index in [9.17, 15) is 0 Å². The van der Waals surface area contributed by atoms with Crippen molar-refractivity contribution in [2.45, 2.75) is 38.0 Å². The second kappa shape index (κ2) is 5.76. The Hall–Kier alpha value is -1.41. The number of nitrogens with one attached hydrogen (secondary N) is 1. The largest absolute Gasteiger partial charge is 0.316 e. The summed E-state index contributed by atoms with van der Waals surface area (Å²) in [6.07, 6.45) is 11.1. The molecule has 0 radical (unpaired) electrons. The summed E-state index contributed by atoms with van der Waals surface area (Å²) in [6.45, 7) is 2.34. The first-order valence-electron chi connectivity index (χ1n) is 8.47. The van der Waals surface area contributed by atoms with E-state index in [2.05, 4.69) is 40.8 Å². The van der Waals surface area contributed by atoms with Crippen LogP contribution in [-0.2, 0) is 0 Å². The number of rotatable bonds is 2. The van der Waals surface area contributed by atoms with Gasteiger partial charge in [0.05, 0.1) is 0 Å². The Balaban J connectivity index is 1.74. The van der Waals surface area contributed by atoms with Crippen molar-refractivity contribution in [2.75, 3.05) is 13.1 Å². The molecule has 110 valence electrons. The molecule has 0 amide bonds. The maximum absolute atomic E-state index is 4.53. The molecule has 2 heteroatoms. The van der Waals surface area contributed by atoms with Gasteiger partial charge in [0, 0.05) is 17.8 Å². The van der Waals surface area contributed by atoms with E-state index in [0.29, 0.717) is 5.92 Å². The molecule has 1 saturated heterocycles. The SMILES string of the molecule is c1ccc2c(C3CCNCC3C3CCCC3)cncc2c1. The fraction of sp³-hybridized carbons (Fsp3) is 0.526. The zero-order valence-corrected chi connectivity index (χ0v) is 12.6. The van der Waals surface area contributed by atoms with Crippen LogP contribution in [0.25, 0.3) is 10.8 Å². The Kier molecular flexibility index (Phi) is 3.64. The molecule has 21 heavy (non-hydrogen) atoms. The molecule has 2 unspecified atom stereocenters. The van der Waals surface area contributed by atoms with Crippen molar-refractivity contribution in [1.82, 2.24) is 10.3 Å². The zero-order chi connectivity index (χ0) is 14.1. The smallest absolute Gasteiger partial charge is 0.0346 e. The van der Waals surface area contributed by atoms with E-state index in [1.54, 1.807) is 0 Å². The standard InChI is InChI=1S/C19H24N2/c1-2-6-14(5-1)18-12-20-10-9-17(18)19-13-21-11-15-7-3-4-8-16(15)19/h3-4,7-8,11,13-14,17-18,20H,1-2,5-6,9-10,12H2. The van der Waals surface area contributed by atoms with Crippen LogP contribution < -0.4 is 5.32 Å². The number of nitrogens with zero attached hydrogens (tertiary/aromatic N) is 1. The molecular weight excluding hydrogens is 256 g/mol. The van der Waals surface area contributed by atoms with Crippen molar-refractivity contribution in [3.8, 4) is 0 Å². The van der Waals surface area contributed by atoms with Gasteiger partial charge in [-0.25, -0.2) is 0 Å². The molecule has 0 bridgehead atoms. The van der Waals surface area contributed by atoms with Crippen molar-refractivity contribution in [3.63, 3.8) is 0 Å². The molecular formula is C19H24N2. The second-order valence-electron chi connectivity index (χ2n) is 6.76. The van der Waals surface area contributed by atoms with Crippen LogP contribution in [0.3, 0.4) is 0 Å². The third-order valence-corrected chi connectivity index (χ3v) is 5.63. The maximum atomic E-state index is 4.53. The molecule has 2 nitrogen and oxygen atoms in total. The van der Waals surface area contributed by atoms with Crippen molar-refractivity contribution in [3.05, 3.63) is 42.2 Å². The first-order chi connectivity index (χ1) is 10.4. The molecule has 2 atom stereocenters. The molecule has 1 aromatic carbocycles. The Morgan fingerprint density at radius 3 is 2.76 bits per heavy atom. The third-order valence-electron chi connectivity index (χ3n) is 5.63. The molecule has 2 aliphatic rings. The van der Waals surface area contributed by atoms with E-state index >= 15 is 0 Å². The Bertz CT molecular complexity index is 610. The lowest BCUT2D eigenvalue weighted by Crippen LogP contribution is -2.38. The normalized spacial score (nSPS) is 27.2. The predicted octanol–water partition coefficient (Wildman–Crippen LogP) is 4.12. The maximum Gasteiger partial charge on any atom is 0.0346 e. The highest BCUT2D eigenvalue weighted by molar-refractivity contribution is 5.85. The highest BCUT2D eigenvalue weighted by Crippen LogP contribution is 2.43. The van der Waals surface area contributed by atoms with Gasteiger partial charge in [-0.15, -0.1) is 0 Å². The lowest BCUT2D eigenvalue weighted by molar-refractivity contribution is 0.232. The van der Waals surface area contributed by atoms with Crippen LogP contribution >= 0.6 is 0 Å². The van der Waals surface area contributed by atoms with Crippen LogP contribution in [0.15, 0.2) is 36.7 Å². The minimum atomic E-state index is 0.688. The molecule has 2 fully saturated rings. The van der Waals surface area contributed by atoms with Gasteiger partial charge in [0.1, 0.15) is 0 Å². The number of benzene rings is 1. The van der Waals surface area contributed by atoms with Crippen molar-refractivity contribution in [1.29, 1.82) is 0 Å². The van der Waals surface area contributed by atoms with Crippen LogP contribution in [-0.4, -0.2) is 18.1 Å². The first kappa shape index (κ1) is 13.3. The summed E-state index contributed by atoms with van der Waals surface area (Å²) >= 11 is 0. The molecule has 1 saturated carbocycles. The average molecular weight is 280 g/mol. The van der Waals surface area contributed by atoms with E-state index < -0.39 is 0 Å². The fourth-order valence-corrected chi connectivity index (χ4v) is 4.58. The highest BCUT2D eigenvalue weighted by atomic mass is 14.9. The Morgan fingerprint density at radius 1 is 1.00 bits per heavy atom. The van der Waals surface area contributed by atoms with Crippen molar-refractivity contribution >= 4 is 10.8 Å².